The van der Waals surface area contributed by atoms with Crippen molar-refractivity contribution in [3.05, 3.63) is 60.8 Å². The minimum atomic E-state index is -2.95. The first-order chi connectivity index (χ1) is 29.8. The number of ketones is 3. The number of hydrogen-bond donors (Lipinski definition) is 3. The third kappa shape index (κ3) is 30.3. The fraction of sp³-hybridized carbons (Fsp3) is 0.764. The van der Waals surface area contributed by atoms with Crippen molar-refractivity contribution in [1.29, 1.82) is 0 Å². The van der Waals surface area contributed by atoms with Crippen molar-refractivity contribution < 1.29 is 29.7 Å². The van der Waals surface area contributed by atoms with Crippen molar-refractivity contribution in [2.75, 3.05) is 6.61 Å². The molecular formula is C55H96O6. The van der Waals surface area contributed by atoms with Gasteiger partial charge in [-0.05, 0) is 83.5 Å². The van der Waals surface area contributed by atoms with E-state index in [9.17, 15) is 29.7 Å². The third-order valence-electron chi connectivity index (χ3n) is 12.0. The molecule has 3 N–H and O–H groups in total. The summed E-state index contributed by atoms with van der Waals surface area (Å²) in [5.41, 5.74) is -5.79. The minimum absolute atomic E-state index is 0.0948. The zero-order valence-corrected chi connectivity index (χ0v) is 40.0. The van der Waals surface area contributed by atoms with Crippen molar-refractivity contribution in [3.63, 3.8) is 0 Å². The zero-order chi connectivity index (χ0) is 45.0. The van der Waals surface area contributed by atoms with Gasteiger partial charge in [0.15, 0.2) is 23.0 Å². The van der Waals surface area contributed by atoms with Crippen molar-refractivity contribution in [2.24, 2.45) is 0 Å². The number of aliphatic hydroxyl groups is 3. The summed E-state index contributed by atoms with van der Waals surface area (Å²) in [7, 11) is 0. The number of aliphatic hydroxyl groups excluding tert-OH is 1. The van der Waals surface area contributed by atoms with E-state index in [4.69, 9.17) is 0 Å². The van der Waals surface area contributed by atoms with Crippen LogP contribution in [0.3, 0.4) is 0 Å². The molecule has 6 nitrogen and oxygen atoms in total. The van der Waals surface area contributed by atoms with Gasteiger partial charge in [0.05, 0.1) is 6.61 Å². The number of hydrogen-bond acceptors (Lipinski definition) is 6. The number of Topliss-reactive ketones (excluding diaryl/α,β-unsaturated/α-hetero) is 3. The highest BCUT2D eigenvalue weighted by atomic mass is 16.4. The molecule has 0 saturated heterocycles. The van der Waals surface area contributed by atoms with Gasteiger partial charge in [-0.15, -0.1) is 0 Å². The second-order valence-electron chi connectivity index (χ2n) is 17.6. The van der Waals surface area contributed by atoms with Crippen LogP contribution < -0.4 is 0 Å². The van der Waals surface area contributed by atoms with E-state index in [1.165, 1.54) is 70.6 Å². The summed E-state index contributed by atoms with van der Waals surface area (Å²) in [5, 5.41) is 34.0. The van der Waals surface area contributed by atoms with E-state index in [1.54, 1.807) is 0 Å². The first kappa shape index (κ1) is 58.6. The molecule has 0 aliphatic rings. The standard InChI is InChI=1S/C55H96O6/c1-4-7-10-13-16-19-22-25-27-30-33-36-39-42-45-48-52(58)55(61,53(59)49-46-43-40-37-34-31-28-26-23-20-17-14-11-8-5-2)54(60,50-56)51(57)47-44-41-38-35-32-29-24-21-18-15-12-9-6-3/h7,10,16-17,19-20,25-28,56,60-61H,4-6,8-9,11-15,18,21-24,29-50H2,1-3H3/b10-7-,19-16-,20-17-,27-25-,28-26-. The predicted octanol–water partition coefficient (Wildman–Crippen LogP) is 15.0. The Kier molecular flexibility index (Phi) is 41.2. The van der Waals surface area contributed by atoms with Crippen LogP contribution in [0.25, 0.3) is 0 Å². The minimum Gasteiger partial charge on any atom is -0.393 e. The van der Waals surface area contributed by atoms with Crippen LogP contribution in [0.2, 0.25) is 0 Å². The molecule has 0 saturated carbocycles. The summed E-state index contributed by atoms with van der Waals surface area (Å²) in [4.78, 5) is 41.1. The monoisotopic (exact) mass is 853 g/mol. The summed E-state index contributed by atoms with van der Waals surface area (Å²) in [5.74, 6) is -2.52. The highest BCUT2D eigenvalue weighted by Crippen LogP contribution is 2.32. The van der Waals surface area contributed by atoms with Gasteiger partial charge in [-0.25, -0.2) is 0 Å². The van der Waals surface area contributed by atoms with Crippen LogP contribution in [0.15, 0.2) is 60.8 Å². The maximum Gasteiger partial charge on any atom is 0.219 e. The Bertz CT molecular complexity index is 1200. The van der Waals surface area contributed by atoms with Gasteiger partial charge in [-0.1, -0.05) is 210 Å². The Morgan fingerprint density at radius 2 is 0.639 bits per heavy atom. The smallest absolute Gasteiger partial charge is 0.219 e. The predicted molar refractivity (Wildman–Crippen MR) is 261 cm³/mol. The SMILES string of the molecule is CC/C=C\C/C=C\C/C=C\CCCCCCCC(=O)C(O)(C(=O)CCCCCCC/C=C\C/C=C\CCCCC)C(O)(CO)C(=O)CCCCCCCCCCCCCCC. The lowest BCUT2D eigenvalue weighted by Crippen LogP contribution is -2.69. The maximum atomic E-state index is 13.8. The third-order valence-corrected chi connectivity index (χ3v) is 12.0. The highest BCUT2D eigenvalue weighted by molar-refractivity contribution is 6.16. The van der Waals surface area contributed by atoms with E-state index in [0.29, 0.717) is 19.3 Å². The number of allylic oxidation sites excluding steroid dienone is 10. The van der Waals surface area contributed by atoms with Crippen LogP contribution >= 0.6 is 0 Å². The fourth-order valence-corrected chi connectivity index (χ4v) is 7.89. The summed E-state index contributed by atoms with van der Waals surface area (Å²) in [6, 6.07) is 0. The topological polar surface area (TPSA) is 112 Å². The maximum absolute atomic E-state index is 13.8. The molecule has 0 fully saturated rings. The lowest BCUT2D eigenvalue weighted by atomic mass is 9.71. The average molecular weight is 853 g/mol. The van der Waals surface area contributed by atoms with E-state index in [0.717, 1.165) is 122 Å². The fourth-order valence-electron chi connectivity index (χ4n) is 7.89. The van der Waals surface area contributed by atoms with Crippen molar-refractivity contribution >= 4 is 17.3 Å². The Hall–Kier alpha value is -2.41. The van der Waals surface area contributed by atoms with E-state index in [2.05, 4.69) is 81.5 Å². The van der Waals surface area contributed by atoms with Gasteiger partial charge in [0.2, 0.25) is 5.60 Å². The molecule has 0 radical (unpaired) electrons. The first-order valence-corrected chi connectivity index (χ1v) is 25.7. The number of rotatable bonds is 46. The number of unbranched alkanes of at least 4 members (excludes halogenated alkanes) is 25. The second kappa shape index (κ2) is 42.9. The summed E-state index contributed by atoms with van der Waals surface area (Å²) < 4.78 is 0. The van der Waals surface area contributed by atoms with Crippen molar-refractivity contribution in [1.82, 2.24) is 0 Å². The molecule has 2 atom stereocenters. The number of carbonyl (C=O) groups excluding carboxylic acids is 3. The Balaban J connectivity index is 5.04. The van der Waals surface area contributed by atoms with E-state index in [-0.39, 0.29) is 19.3 Å². The Morgan fingerprint density at radius 1 is 0.361 bits per heavy atom. The highest BCUT2D eigenvalue weighted by Gasteiger charge is 2.62. The van der Waals surface area contributed by atoms with Gasteiger partial charge in [0.25, 0.3) is 0 Å². The molecule has 61 heavy (non-hydrogen) atoms. The van der Waals surface area contributed by atoms with Gasteiger partial charge in [0, 0.05) is 19.3 Å². The molecule has 0 aromatic carbocycles. The first-order valence-electron chi connectivity index (χ1n) is 25.7. The lowest BCUT2D eigenvalue weighted by molar-refractivity contribution is -0.194. The molecule has 0 aromatic heterocycles. The Labute approximate surface area is 376 Å². The largest absolute Gasteiger partial charge is 0.393 e. The molecule has 0 amide bonds. The molecule has 0 aliphatic carbocycles. The quantitative estimate of drug-likeness (QED) is 0.0319. The molecular weight excluding hydrogens is 757 g/mol. The van der Waals surface area contributed by atoms with Crippen LogP contribution in [-0.2, 0) is 14.4 Å². The molecule has 6 heteroatoms. The van der Waals surface area contributed by atoms with Crippen LogP contribution in [0.5, 0.6) is 0 Å². The molecule has 0 heterocycles. The number of carbonyl (C=O) groups is 3. The molecule has 0 rings (SSSR count). The Morgan fingerprint density at radius 3 is 1.00 bits per heavy atom. The van der Waals surface area contributed by atoms with Gasteiger partial charge < -0.3 is 15.3 Å². The van der Waals surface area contributed by atoms with Crippen LogP contribution in [-0.4, -0.2) is 50.5 Å². The molecule has 352 valence electrons. The van der Waals surface area contributed by atoms with Crippen molar-refractivity contribution in [3.8, 4) is 0 Å². The second-order valence-corrected chi connectivity index (χ2v) is 17.6. The molecule has 2 unspecified atom stereocenters. The van der Waals surface area contributed by atoms with E-state index < -0.39 is 35.2 Å². The average Bonchev–Trinajstić information content (AvgIpc) is 3.26. The van der Waals surface area contributed by atoms with Crippen LogP contribution in [0.1, 0.15) is 252 Å². The normalized spacial score (nSPS) is 14.3. The van der Waals surface area contributed by atoms with Gasteiger partial charge in [-0.2, -0.15) is 0 Å². The van der Waals surface area contributed by atoms with Crippen LogP contribution in [0.4, 0.5) is 0 Å². The van der Waals surface area contributed by atoms with Crippen molar-refractivity contribution in [2.45, 2.75) is 263 Å². The summed E-state index contributed by atoms with van der Waals surface area (Å²) in [6.45, 7) is 5.43. The van der Waals surface area contributed by atoms with Crippen LogP contribution in [0, 0.1) is 0 Å². The van der Waals surface area contributed by atoms with Gasteiger partial charge in [-0.3, -0.25) is 14.4 Å². The zero-order valence-electron chi connectivity index (χ0n) is 40.0. The van der Waals surface area contributed by atoms with E-state index in [1.807, 2.05) is 0 Å². The van der Waals surface area contributed by atoms with Gasteiger partial charge >= 0.3 is 0 Å². The molecule has 0 spiro atoms. The van der Waals surface area contributed by atoms with Gasteiger partial charge in [0.1, 0.15) is 0 Å². The molecule has 0 aliphatic heterocycles. The van der Waals surface area contributed by atoms with E-state index >= 15 is 0 Å². The molecule has 0 aromatic rings. The molecule has 0 bridgehead atoms. The summed E-state index contributed by atoms with van der Waals surface area (Å²) >= 11 is 0. The summed E-state index contributed by atoms with van der Waals surface area (Å²) in [6.07, 6.45) is 55.7. The lowest BCUT2D eigenvalue weighted by Gasteiger charge is -2.39.